The van der Waals surface area contributed by atoms with Crippen LogP contribution in [-0.2, 0) is 38.6 Å². The van der Waals surface area contributed by atoms with Crippen molar-refractivity contribution in [2.75, 3.05) is 0 Å². The summed E-state index contributed by atoms with van der Waals surface area (Å²) in [4.78, 5) is 38.5. The minimum Gasteiger partial charge on any atom is -0.487 e. The minimum absolute atomic E-state index is 0.0749. The summed E-state index contributed by atoms with van der Waals surface area (Å²) >= 11 is 12.0. The third-order valence-corrected chi connectivity index (χ3v) is 6.27. The van der Waals surface area contributed by atoms with Crippen LogP contribution in [0.15, 0.2) is 58.1 Å². The van der Waals surface area contributed by atoms with Gasteiger partial charge in [0.05, 0.1) is 16.8 Å². The van der Waals surface area contributed by atoms with Crippen molar-refractivity contribution in [1.29, 1.82) is 0 Å². The van der Waals surface area contributed by atoms with E-state index in [9.17, 15) is 14.4 Å². The molecule has 0 bridgehead atoms. The molecule has 4 aromatic rings. The number of aryl methyl sites for hydroxylation is 2. The third kappa shape index (κ3) is 4.72. The highest BCUT2D eigenvalue weighted by atomic mass is 35.5. The first-order valence-corrected chi connectivity index (χ1v) is 11.6. The molecule has 0 unspecified atom stereocenters. The van der Waals surface area contributed by atoms with Crippen LogP contribution in [0.5, 0.6) is 5.75 Å². The molecule has 0 spiro atoms. The van der Waals surface area contributed by atoms with E-state index in [1.165, 1.54) is 17.7 Å². The van der Waals surface area contributed by atoms with E-state index in [1.807, 2.05) is 6.92 Å². The third-order valence-electron chi connectivity index (χ3n) is 5.78. The molecular weight excluding hydrogens is 493 g/mol. The highest BCUT2D eigenvalue weighted by molar-refractivity contribution is 6.31. The van der Waals surface area contributed by atoms with Gasteiger partial charge in [-0.05, 0) is 49.4 Å². The van der Waals surface area contributed by atoms with E-state index in [0.717, 1.165) is 4.57 Å². The molecule has 0 atom stereocenters. The van der Waals surface area contributed by atoms with E-state index in [1.54, 1.807) is 54.1 Å². The Morgan fingerprint density at radius 3 is 2.29 bits per heavy atom. The molecule has 4 rings (SSSR count). The molecule has 182 valence electrons. The topological polar surface area (TPSA) is 84.5 Å². The Balaban J connectivity index is 1.81. The largest absolute Gasteiger partial charge is 0.487 e. The molecule has 2 aromatic heterocycles. The molecule has 10 heteroatoms. The van der Waals surface area contributed by atoms with Crippen LogP contribution in [0, 0.1) is 0 Å². The smallest absolute Gasteiger partial charge is 0.338 e. The van der Waals surface area contributed by atoms with E-state index in [4.69, 9.17) is 32.7 Å². The fourth-order valence-corrected chi connectivity index (χ4v) is 4.35. The lowest BCUT2D eigenvalue weighted by Crippen LogP contribution is -2.37. The summed E-state index contributed by atoms with van der Waals surface area (Å²) in [6.45, 7) is 2.23. The Kier molecular flexibility index (Phi) is 7.05. The summed E-state index contributed by atoms with van der Waals surface area (Å²) in [5, 5.41) is 0.983. The van der Waals surface area contributed by atoms with Crippen molar-refractivity contribution >= 4 is 40.2 Å². The van der Waals surface area contributed by atoms with Crippen molar-refractivity contribution in [3.63, 3.8) is 0 Å². The van der Waals surface area contributed by atoms with Crippen LogP contribution in [0.2, 0.25) is 10.0 Å². The maximum absolute atomic E-state index is 13.1. The number of carbonyl (C=O) groups is 1. The number of nitrogens with zero attached hydrogens (tertiary/aromatic N) is 3. The van der Waals surface area contributed by atoms with Crippen molar-refractivity contribution in [1.82, 2.24) is 13.7 Å². The van der Waals surface area contributed by atoms with Gasteiger partial charge in [0.25, 0.3) is 5.56 Å². The second-order valence-electron chi connectivity index (χ2n) is 7.90. The number of carbonyl (C=O) groups excluding carboxylic acids is 1. The van der Waals surface area contributed by atoms with Crippen LogP contribution >= 0.6 is 23.2 Å². The van der Waals surface area contributed by atoms with Crippen molar-refractivity contribution in [2.24, 2.45) is 14.1 Å². The normalized spacial score (nSPS) is 11.1. The van der Waals surface area contributed by atoms with Gasteiger partial charge in [-0.2, -0.15) is 0 Å². The van der Waals surface area contributed by atoms with Crippen molar-refractivity contribution in [2.45, 2.75) is 26.7 Å². The Labute approximate surface area is 210 Å². The summed E-state index contributed by atoms with van der Waals surface area (Å²) in [6, 6.07) is 13.3. The molecule has 0 N–H and O–H groups in total. The number of aromatic nitrogens is 3. The number of fused-ring (bicyclic) bond motifs is 1. The molecule has 2 aromatic carbocycles. The number of esters is 1. The van der Waals surface area contributed by atoms with Gasteiger partial charge in [0.15, 0.2) is 0 Å². The predicted octanol–water partition coefficient (Wildman–Crippen LogP) is 4.30. The zero-order chi connectivity index (χ0) is 25.3. The van der Waals surface area contributed by atoms with Gasteiger partial charge in [0.1, 0.15) is 24.5 Å². The first kappa shape index (κ1) is 24.6. The summed E-state index contributed by atoms with van der Waals surface area (Å²) < 4.78 is 15.8. The van der Waals surface area contributed by atoms with Crippen LogP contribution in [0.4, 0.5) is 0 Å². The van der Waals surface area contributed by atoms with E-state index in [0.29, 0.717) is 50.2 Å². The van der Waals surface area contributed by atoms with E-state index < -0.39 is 17.2 Å². The maximum atomic E-state index is 13.1. The van der Waals surface area contributed by atoms with Crippen LogP contribution in [0.1, 0.15) is 28.5 Å². The molecule has 8 nitrogen and oxygen atoms in total. The molecular formula is C25H23Cl2N3O5. The van der Waals surface area contributed by atoms with Gasteiger partial charge < -0.3 is 14.0 Å². The molecule has 0 fully saturated rings. The lowest BCUT2D eigenvalue weighted by molar-refractivity contribution is 0.0471. The van der Waals surface area contributed by atoms with Gasteiger partial charge in [0.2, 0.25) is 0 Å². The summed E-state index contributed by atoms with van der Waals surface area (Å²) in [6.07, 6.45) is 0. The number of benzene rings is 2. The molecule has 2 heterocycles. The molecule has 0 radical (unpaired) electrons. The molecule has 0 aliphatic carbocycles. The van der Waals surface area contributed by atoms with Gasteiger partial charge >= 0.3 is 11.7 Å². The SMILES string of the molecule is CCn1c(COc2ccc(Cl)cc2)c(COC(=O)c2cccc(Cl)c2)c2c1c(=O)n(C)c(=O)n2C. The zero-order valence-electron chi connectivity index (χ0n) is 19.4. The number of rotatable bonds is 7. The van der Waals surface area contributed by atoms with Crippen LogP contribution in [-0.4, -0.2) is 19.7 Å². The van der Waals surface area contributed by atoms with Crippen molar-refractivity contribution < 1.29 is 14.3 Å². The van der Waals surface area contributed by atoms with Crippen molar-refractivity contribution in [3.05, 3.63) is 96.2 Å². The average molecular weight is 516 g/mol. The zero-order valence-corrected chi connectivity index (χ0v) is 20.9. The van der Waals surface area contributed by atoms with Crippen molar-refractivity contribution in [3.8, 4) is 5.75 Å². The second-order valence-corrected chi connectivity index (χ2v) is 8.77. The quantitative estimate of drug-likeness (QED) is 0.342. The molecule has 0 aliphatic rings. The van der Waals surface area contributed by atoms with E-state index >= 15 is 0 Å². The Hall–Kier alpha value is -3.49. The fraction of sp³-hybridized carbons (Fsp3) is 0.240. The van der Waals surface area contributed by atoms with Gasteiger partial charge in [-0.1, -0.05) is 29.3 Å². The Morgan fingerprint density at radius 1 is 0.914 bits per heavy atom. The lowest BCUT2D eigenvalue weighted by Gasteiger charge is -2.12. The van der Waals surface area contributed by atoms with E-state index in [-0.39, 0.29) is 13.2 Å². The van der Waals surface area contributed by atoms with Gasteiger partial charge in [-0.25, -0.2) is 9.59 Å². The standard InChI is InChI=1S/C25H23Cl2N3O5/c1-4-30-20(14-34-18-10-8-16(26)9-11-18)19(13-35-24(32)15-6-5-7-17(27)12-15)21-22(30)23(31)29(3)25(33)28(21)2/h5-12H,4,13-14H2,1-3H3. The molecule has 0 aliphatic heterocycles. The number of halogens is 2. The number of hydrogen-bond acceptors (Lipinski definition) is 5. The van der Waals surface area contributed by atoms with Crippen LogP contribution in [0.25, 0.3) is 11.0 Å². The highest BCUT2D eigenvalue weighted by Crippen LogP contribution is 2.27. The molecule has 0 saturated heterocycles. The maximum Gasteiger partial charge on any atom is 0.338 e. The molecule has 0 saturated carbocycles. The average Bonchev–Trinajstić information content (AvgIpc) is 3.17. The van der Waals surface area contributed by atoms with Crippen LogP contribution < -0.4 is 16.0 Å². The first-order chi connectivity index (χ1) is 16.7. The summed E-state index contributed by atoms with van der Waals surface area (Å²) in [5.74, 6) is -0.00530. The van der Waals surface area contributed by atoms with Crippen LogP contribution in [0.3, 0.4) is 0 Å². The Bertz CT molecular complexity index is 1530. The van der Waals surface area contributed by atoms with Gasteiger partial charge in [0, 0.05) is 36.2 Å². The predicted molar refractivity (Wildman–Crippen MR) is 134 cm³/mol. The number of hydrogen-bond donors (Lipinski definition) is 0. The Morgan fingerprint density at radius 2 is 1.63 bits per heavy atom. The number of ether oxygens (including phenoxy) is 2. The minimum atomic E-state index is -0.580. The fourth-order valence-electron chi connectivity index (χ4n) is 4.03. The summed E-state index contributed by atoms with van der Waals surface area (Å²) in [5.41, 5.74) is 1.24. The highest BCUT2D eigenvalue weighted by Gasteiger charge is 2.24. The summed E-state index contributed by atoms with van der Waals surface area (Å²) in [7, 11) is 3.01. The van der Waals surface area contributed by atoms with Gasteiger partial charge in [-0.15, -0.1) is 0 Å². The monoisotopic (exact) mass is 515 g/mol. The molecule has 0 amide bonds. The first-order valence-electron chi connectivity index (χ1n) is 10.8. The van der Waals surface area contributed by atoms with E-state index in [2.05, 4.69) is 0 Å². The second kappa shape index (κ2) is 10.0. The molecule has 35 heavy (non-hydrogen) atoms. The van der Waals surface area contributed by atoms with Gasteiger partial charge in [-0.3, -0.25) is 13.9 Å². The lowest BCUT2D eigenvalue weighted by atomic mass is 10.2.